The number of carbonyl (C=O) groups is 2. The fourth-order valence-electron chi connectivity index (χ4n) is 3.28. The van der Waals surface area contributed by atoms with Gasteiger partial charge in [-0.05, 0) is 43.0 Å². The van der Waals surface area contributed by atoms with Crippen LogP contribution in [0.25, 0.3) is 0 Å². The highest BCUT2D eigenvalue weighted by Crippen LogP contribution is 2.20. The number of hydrogen-bond donors (Lipinski definition) is 2. The molecule has 1 saturated heterocycles. The Balaban J connectivity index is 1.68. The van der Waals surface area contributed by atoms with E-state index in [0.717, 1.165) is 43.9 Å². The average molecular weight is 402 g/mol. The van der Waals surface area contributed by atoms with Gasteiger partial charge >= 0.3 is 0 Å². The van der Waals surface area contributed by atoms with Crippen LogP contribution in [0.4, 0.5) is 20.3 Å². The lowest BCUT2D eigenvalue weighted by atomic mass is 10.0. The second-order valence-electron chi connectivity index (χ2n) is 7.38. The van der Waals surface area contributed by atoms with E-state index >= 15 is 0 Å². The number of pyridine rings is 1. The van der Waals surface area contributed by atoms with Crippen LogP contribution in [-0.2, 0) is 4.79 Å². The Morgan fingerprint density at radius 1 is 1.07 bits per heavy atom. The van der Waals surface area contributed by atoms with Crippen molar-refractivity contribution in [2.45, 2.75) is 32.7 Å². The van der Waals surface area contributed by atoms with Crippen LogP contribution in [0.5, 0.6) is 0 Å². The van der Waals surface area contributed by atoms with Crippen LogP contribution in [-0.4, -0.2) is 35.9 Å². The Kier molecular flexibility index (Phi) is 6.41. The zero-order valence-corrected chi connectivity index (χ0v) is 16.4. The maximum atomic E-state index is 13.9. The minimum absolute atomic E-state index is 0.300. The SMILES string of the molecule is CC(C)C(NC(=O)c1c(F)cccc1F)C(=O)Nc1ccc(N2CCCC2)nc1. The summed E-state index contributed by atoms with van der Waals surface area (Å²) in [7, 11) is 0. The Bertz CT molecular complexity index is 860. The summed E-state index contributed by atoms with van der Waals surface area (Å²) in [6.45, 7) is 5.40. The van der Waals surface area contributed by atoms with Gasteiger partial charge < -0.3 is 15.5 Å². The van der Waals surface area contributed by atoms with Gasteiger partial charge in [0.1, 0.15) is 29.1 Å². The number of nitrogens with one attached hydrogen (secondary N) is 2. The zero-order valence-electron chi connectivity index (χ0n) is 16.4. The van der Waals surface area contributed by atoms with Gasteiger partial charge in [0.2, 0.25) is 5.91 Å². The minimum Gasteiger partial charge on any atom is -0.357 e. The van der Waals surface area contributed by atoms with Crippen LogP contribution in [0.2, 0.25) is 0 Å². The molecule has 2 amide bonds. The number of benzene rings is 1. The van der Waals surface area contributed by atoms with Crippen molar-refractivity contribution in [1.82, 2.24) is 10.3 Å². The van der Waals surface area contributed by atoms with Crippen molar-refractivity contribution in [3.05, 3.63) is 53.7 Å². The molecule has 0 bridgehead atoms. The van der Waals surface area contributed by atoms with E-state index in [-0.39, 0.29) is 5.92 Å². The second-order valence-corrected chi connectivity index (χ2v) is 7.38. The first kappa shape index (κ1) is 20.7. The van der Waals surface area contributed by atoms with Crippen LogP contribution in [0.3, 0.4) is 0 Å². The maximum absolute atomic E-state index is 13.9. The molecule has 0 radical (unpaired) electrons. The molecule has 29 heavy (non-hydrogen) atoms. The summed E-state index contributed by atoms with van der Waals surface area (Å²) in [5.74, 6) is -2.87. The van der Waals surface area contributed by atoms with Gasteiger partial charge in [-0.15, -0.1) is 0 Å². The average Bonchev–Trinajstić information content (AvgIpc) is 3.21. The van der Waals surface area contributed by atoms with E-state index in [1.54, 1.807) is 26.1 Å². The second kappa shape index (κ2) is 8.98. The highest BCUT2D eigenvalue weighted by atomic mass is 19.1. The first-order valence-corrected chi connectivity index (χ1v) is 9.63. The third kappa shape index (κ3) is 4.88. The number of anilines is 2. The molecule has 3 rings (SSSR count). The van der Waals surface area contributed by atoms with E-state index < -0.39 is 35.1 Å². The molecule has 2 aromatic rings. The number of carbonyl (C=O) groups excluding carboxylic acids is 2. The molecule has 2 heterocycles. The number of rotatable bonds is 6. The third-order valence-electron chi connectivity index (χ3n) is 4.87. The lowest BCUT2D eigenvalue weighted by Gasteiger charge is -2.22. The summed E-state index contributed by atoms with van der Waals surface area (Å²) in [6, 6.07) is 5.77. The summed E-state index contributed by atoms with van der Waals surface area (Å²) in [6.07, 6.45) is 3.83. The van der Waals surface area contributed by atoms with Crippen molar-refractivity contribution >= 4 is 23.3 Å². The Hall–Kier alpha value is -3.03. The molecule has 0 aliphatic carbocycles. The summed E-state index contributed by atoms with van der Waals surface area (Å²) < 4.78 is 27.7. The van der Waals surface area contributed by atoms with Gasteiger partial charge in [-0.1, -0.05) is 19.9 Å². The minimum atomic E-state index is -0.980. The summed E-state index contributed by atoms with van der Waals surface area (Å²) in [5, 5.41) is 5.14. The van der Waals surface area contributed by atoms with Gasteiger partial charge in [-0.25, -0.2) is 13.8 Å². The first-order chi connectivity index (χ1) is 13.9. The van der Waals surface area contributed by atoms with Gasteiger partial charge in [0, 0.05) is 13.1 Å². The van der Waals surface area contributed by atoms with Gasteiger partial charge in [-0.3, -0.25) is 9.59 Å². The maximum Gasteiger partial charge on any atom is 0.257 e. The zero-order chi connectivity index (χ0) is 21.0. The highest BCUT2D eigenvalue weighted by molar-refractivity contribution is 6.01. The largest absolute Gasteiger partial charge is 0.357 e. The van der Waals surface area contributed by atoms with E-state index in [4.69, 9.17) is 0 Å². The highest BCUT2D eigenvalue weighted by Gasteiger charge is 2.27. The van der Waals surface area contributed by atoms with Gasteiger partial charge in [0.05, 0.1) is 11.9 Å². The third-order valence-corrected chi connectivity index (χ3v) is 4.87. The van der Waals surface area contributed by atoms with Crippen molar-refractivity contribution < 1.29 is 18.4 Å². The van der Waals surface area contributed by atoms with Crippen LogP contribution < -0.4 is 15.5 Å². The van der Waals surface area contributed by atoms with Crippen molar-refractivity contribution in [1.29, 1.82) is 0 Å². The molecule has 8 heteroatoms. The molecule has 1 atom stereocenters. The number of aromatic nitrogens is 1. The van der Waals surface area contributed by atoms with Crippen molar-refractivity contribution in [3.63, 3.8) is 0 Å². The summed E-state index contributed by atoms with van der Waals surface area (Å²) >= 11 is 0. The van der Waals surface area contributed by atoms with Gasteiger partial charge in [0.25, 0.3) is 5.91 Å². The topological polar surface area (TPSA) is 74.3 Å². The van der Waals surface area contributed by atoms with E-state index in [9.17, 15) is 18.4 Å². The van der Waals surface area contributed by atoms with Crippen molar-refractivity contribution in [2.75, 3.05) is 23.3 Å². The molecule has 1 fully saturated rings. The normalized spacial score (nSPS) is 14.7. The molecular weight excluding hydrogens is 378 g/mol. The standard InChI is InChI=1S/C21H24F2N4O2/c1-13(2)19(26-20(28)18-15(22)6-5-7-16(18)23)21(29)25-14-8-9-17(24-12-14)27-10-3-4-11-27/h5-9,12-13,19H,3-4,10-11H2,1-2H3,(H,25,29)(H,26,28). The number of halogens is 2. The predicted octanol–water partition coefficient (Wildman–Crippen LogP) is 3.35. The molecule has 2 N–H and O–H groups in total. The van der Waals surface area contributed by atoms with E-state index in [1.807, 2.05) is 6.07 Å². The Labute approximate surface area is 168 Å². The quantitative estimate of drug-likeness (QED) is 0.777. The Morgan fingerprint density at radius 2 is 1.72 bits per heavy atom. The van der Waals surface area contributed by atoms with Crippen molar-refractivity contribution in [3.8, 4) is 0 Å². The molecule has 1 aliphatic rings. The van der Waals surface area contributed by atoms with E-state index in [0.29, 0.717) is 5.69 Å². The fourth-order valence-corrected chi connectivity index (χ4v) is 3.28. The predicted molar refractivity (Wildman–Crippen MR) is 107 cm³/mol. The molecule has 0 spiro atoms. The van der Waals surface area contributed by atoms with Crippen LogP contribution in [0, 0.1) is 17.6 Å². The number of hydrogen-bond acceptors (Lipinski definition) is 4. The molecule has 0 saturated carbocycles. The van der Waals surface area contributed by atoms with Crippen LogP contribution in [0.15, 0.2) is 36.5 Å². The lowest BCUT2D eigenvalue weighted by molar-refractivity contribution is -0.118. The molecular formula is C21H24F2N4O2. The molecule has 154 valence electrons. The van der Waals surface area contributed by atoms with Crippen LogP contribution >= 0.6 is 0 Å². The molecule has 1 aliphatic heterocycles. The fraction of sp³-hybridized carbons (Fsp3) is 0.381. The summed E-state index contributed by atoms with van der Waals surface area (Å²) in [4.78, 5) is 31.6. The molecule has 1 unspecified atom stereocenters. The molecule has 1 aromatic carbocycles. The van der Waals surface area contributed by atoms with E-state index in [1.165, 1.54) is 6.07 Å². The lowest BCUT2D eigenvalue weighted by Crippen LogP contribution is -2.47. The molecule has 6 nitrogen and oxygen atoms in total. The Morgan fingerprint density at radius 3 is 2.28 bits per heavy atom. The van der Waals surface area contributed by atoms with Gasteiger partial charge in [-0.2, -0.15) is 0 Å². The van der Waals surface area contributed by atoms with Crippen molar-refractivity contribution in [2.24, 2.45) is 5.92 Å². The first-order valence-electron chi connectivity index (χ1n) is 9.63. The van der Waals surface area contributed by atoms with E-state index in [2.05, 4.69) is 20.5 Å². The van der Waals surface area contributed by atoms with Crippen LogP contribution in [0.1, 0.15) is 37.0 Å². The number of nitrogens with zero attached hydrogens (tertiary/aromatic N) is 2. The molecule has 1 aromatic heterocycles. The monoisotopic (exact) mass is 402 g/mol. The smallest absolute Gasteiger partial charge is 0.257 e. The number of amides is 2. The van der Waals surface area contributed by atoms with Gasteiger partial charge in [0.15, 0.2) is 0 Å². The summed E-state index contributed by atoms with van der Waals surface area (Å²) in [5.41, 5.74) is -0.225.